The first-order chi connectivity index (χ1) is 14.7. The first kappa shape index (κ1) is 22.6. The van der Waals surface area contributed by atoms with Crippen LogP contribution in [0, 0.1) is 0 Å². The molecule has 0 spiro atoms. The fourth-order valence-corrected chi connectivity index (χ4v) is 3.37. The van der Waals surface area contributed by atoms with Crippen molar-refractivity contribution in [3.05, 3.63) is 46.0 Å². The van der Waals surface area contributed by atoms with Crippen LogP contribution in [-0.4, -0.2) is 40.9 Å². The number of anilines is 1. The molecular formula is C22H31N5O4. The Balaban J connectivity index is 1.95. The topological polar surface area (TPSA) is 120 Å². The largest absolute Gasteiger partial charge is 0.494 e. The normalized spacial score (nSPS) is 14.2. The lowest BCUT2D eigenvalue weighted by atomic mass is 10.1. The molecule has 1 aromatic heterocycles. The molecule has 0 unspecified atom stereocenters. The SMILES string of the molecule is CCOc1ccc(-n2c([C@H](N)CNC(=O)OC(C)(C)C)nc3c(c2=O)CCCN3)cc1. The van der Waals surface area contributed by atoms with Crippen molar-refractivity contribution in [2.24, 2.45) is 5.73 Å². The molecule has 2 heterocycles. The monoisotopic (exact) mass is 429 g/mol. The number of nitrogens with two attached hydrogens (primary N) is 1. The third-order valence-corrected chi connectivity index (χ3v) is 4.70. The zero-order chi connectivity index (χ0) is 22.6. The first-order valence-electron chi connectivity index (χ1n) is 10.5. The maximum atomic E-state index is 13.4. The minimum absolute atomic E-state index is 0.0666. The number of fused-ring (bicyclic) bond motifs is 1. The van der Waals surface area contributed by atoms with E-state index in [0.29, 0.717) is 41.7 Å². The third kappa shape index (κ3) is 5.55. The van der Waals surface area contributed by atoms with Crippen molar-refractivity contribution in [1.82, 2.24) is 14.9 Å². The summed E-state index contributed by atoms with van der Waals surface area (Å²) < 4.78 is 12.3. The summed E-state index contributed by atoms with van der Waals surface area (Å²) in [7, 11) is 0. The van der Waals surface area contributed by atoms with E-state index in [1.165, 1.54) is 4.57 Å². The van der Waals surface area contributed by atoms with Crippen molar-refractivity contribution >= 4 is 11.9 Å². The summed E-state index contributed by atoms with van der Waals surface area (Å²) >= 11 is 0. The van der Waals surface area contributed by atoms with Crippen molar-refractivity contribution < 1.29 is 14.3 Å². The quantitative estimate of drug-likeness (QED) is 0.645. The second kappa shape index (κ2) is 9.38. The number of benzene rings is 1. The van der Waals surface area contributed by atoms with Crippen molar-refractivity contribution in [3.63, 3.8) is 0 Å². The number of hydrogen-bond acceptors (Lipinski definition) is 7. The van der Waals surface area contributed by atoms with Crippen LogP contribution in [0.15, 0.2) is 29.1 Å². The molecule has 0 bridgehead atoms. The lowest BCUT2D eigenvalue weighted by molar-refractivity contribution is 0.0524. The van der Waals surface area contributed by atoms with Gasteiger partial charge in [0.25, 0.3) is 5.56 Å². The van der Waals surface area contributed by atoms with Gasteiger partial charge in [-0.2, -0.15) is 0 Å². The Bertz CT molecular complexity index is 979. The van der Waals surface area contributed by atoms with E-state index in [1.807, 2.05) is 6.92 Å². The maximum absolute atomic E-state index is 13.4. The highest BCUT2D eigenvalue weighted by molar-refractivity contribution is 5.67. The van der Waals surface area contributed by atoms with Crippen LogP contribution in [0.2, 0.25) is 0 Å². The molecule has 0 fully saturated rings. The molecule has 9 nitrogen and oxygen atoms in total. The smallest absolute Gasteiger partial charge is 0.407 e. The van der Waals surface area contributed by atoms with Gasteiger partial charge in [-0.15, -0.1) is 0 Å². The summed E-state index contributed by atoms with van der Waals surface area (Å²) in [5, 5.41) is 5.85. The second-order valence-electron chi connectivity index (χ2n) is 8.38. The van der Waals surface area contributed by atoms with Crippen molar-refractivity contribution in [1.29, 1.82) is 0 Å². The Morgan fingerprint density at radius 2 is 2.03 bits per heavy atom. The Morgan fingerprint density at radius 1 is 1.32 bits per heavy atom. The maximum Gasteiger partial charge on any atom is 0.407 e. The molecule has 1 amide bonds. The van der Waals surface area contributed by atoms with E-state index >= 15 is 0 Å². The summed E-state index contributed by atoms with van der Waals surface area (Å²) in [6.45, 7) is 8.63. The summed E-state index contributed by atoms with van der Waals surface area (Å²) in [4.78, 5) is 30.1. The van der Waals surface area contributed by atoms with Crippen molar-refractivity contribution in [3.8, 4) is 11.4 Å². The molecule has 0 saturated heterocycles. The Kier molecular flexibility index (Phi) is 6.84. The molecule has 0 saturated carbocycles. The van der Waals surface area contributed by atoms with Gasteiger partial charge in [0.2, 0.25) is 0 Å². The van der Waals surface area contributed by atoms with Crippen LogP contribution in [0.4, 0.5) is 10.6 Å². The summed E-state index contributed by atoms with van der Waals surface area (Å²) in [6, 6.07) is 6.48. The van der Waals surface area contributed by atoms with Gasteiger partial charge in [0.05, 0.1) is 23.9 Å². The molecule has 9 heteroatoms. The highest BCUT2D eigenvalue weighted by Gasteiger charge is 2.24. The van der Waals surface area contributed by atoms with Crippen LogP contribution in [0.5, 0.6) is 5.75 Å². The van der Waals surface area contributed by atoms with Crippen LogP contribution in [-0.2, 0) is 11.2 Å². The molecule has 3 rings (SSSR count). The fourth-order valence-electron chi connectivity index (χ4n) is 3.37. The number of nitrogens with one attached hydrogen (secondary N) is 2. The van der Waals surface area contributed by atoms with E-state index in [0.717, 1.165) is 13.0 Å². The minimum Gasteiger partial charge on any atom is -0.494 e. The molecule has 0 radical (unpaired) electrons. The zero-order valence-corrected chi connectivity index (χ0v) is 18.5. The molecule has 0 aliphatic carbocycles. The summed E-state index contributed by atoms with van der Waals surface area (Å²) in [5.41, 5.74) is 6.87. The number of hydrogen-bond donors (Lipinski definition) is 3. The van der Waals surface area contributed by atoms with Gasteiger partial charge in [0.1, 0.15) is 23.0 Å². The van der Waals surface area contributed by atoms with Gasteiger partial charge in [0.15, 0.2) is 0 Å². The number of rotatable bonds is 6. The minimum atomic E-state index is -0.721. The number of nitrogens with zero attached hydrogens (tertiary/aromatic N) is 2. The van der Waals surface area contributed by atoms with E-state index in [9.17, 15) is 9.59 Å². The number of carbonyl (C=O) groups excluding carboxylic acids is 1. The number of aromatic nitrogens is 2. The highest BCUT2D eigenvalue weighted by atomic mass is 16.6. The van der Waals surface area contributed by atoms with Crippen LogP contribution in [0.25, 0.3) is 5.69 Å². The molecule has 168 valence electrons. The van der Waals surface area contributed by atoms with Gasteiger partial charge in [-0.25, -0.2) is 9.78 Å². The lowest BCUT2D eigenvalue weighted by Gasteiger charge is -2.24. The standard InChI is InChI=1S/C22H31N5O4/c1-5-30-15-10-8-14(9-11-15)27-19(17(23)13-25-21(29)31-22(2,3)4)26-18-16(20(27)28)7-6-12-24-18/h8-11,17,24H,5-7,12-13,23H2,1-4H3,(H,25,29)/t17-/m1/s1. The van der Waals surface area contributed by atoms with Crippen LogP contribution in [0.1, 0.15) is 51.5 Å². The molecule has 31 heavy (non-hydrogen) atoms. The predicted molar refractivity (Wildman–Crippen MR) is 119 cm³/mol. The van der Waals surface area contributed by atoms with Gasteiger partial charge < -0.3 is 25.8 Å². The van der Waals surface area contributed by atoms with Crippen molar-refractivity contribution in [2.75, 3.05) is 25.0 Å². The average molecular weight is 430 g/mol. The molecule has 1 aromatic carbocycles. The van der Waals surface area contributed by atoms with Crippen molar-refractivity contribution in [2.45, 2.75) is 52.2 Å². The third-order valence-electron chi connectivity index (χ3n) is 4.70. The average Bonchev–Trinajstić information content (AvgIpc) is 2.72. The van der Waals surface area contributed by atoms with Gasteiger partial charge in [-0.05, 0) is 64.8 Å². The Morgan fingerprint density at radius 3 is 2.68 bits per heavy atom. The van der Waals surface area contributed by atoms with E-state index in [1.54, 1.807) is 45.0 Å². The fraction of sp³-hybridized carbons (Fsp3) is 0.500. The van der Waals surface area contributed by atoms with Crippen LogP contribution < -0.4 is 26.7 Å². The number of ether oxygens (including phenoxy) is 2. The number of amides is 1. The van der Waals surface area contributed by atoms with E-state index in [4.69, 9.17) is 15.2 Å². The number of alkyl carbamates (subject to hydrolysis) is 1. The van der Waals surface area contributed by atoms with E-state index in [2.05, 4.69) is 15.6 Å². The van der Waals surface area contributed by atoms with Crippen LogP contribution in [0.3, 0.4) is 0 Å². The zero-order valence-electron chi connectivity index (χ0n) is 18.5. The molecule has 1 aliphatic rings. The van der Waals surface area contributed by atoms with E-state index in [-0.39, 0.29) is 12.1 Å². The summed E-state index contributed by atoms with van der Waals surface area (Å²) in [6.07, 6.45) is 0.935. The van der Waals surface area contributed by atoms with Crippen LogP contribution >= 0.6 is 0 Å². The van der Waals surface area contributed by atoms with Gasteiger partial charge in [-0.1, -0.05) is 0 Å². The Hall–Kier alpha value is -3.07. The molecule has 2 aromatic rings. The lowest BCUT2D eigenvalue weighted by Crippen LogP contribution is -2.40. The first-order valence-corrected chi connectivity index (χ1v) is 10.5. The van der Waals surface area contributed by atoms with Gasteiger partial charge in [0, 0.05) is 13.1 Å². The Labute approximate surface area is 182 Å². The predicted octanol–water partition coefficient (Wildman–Crippen LogP) is 2.51. The second-order valence-corrected chi connectivity index (χ2v) is 8.38. The highest BCUT2D eigenvalue weighted by Crippen LogP contribution is 2.22. The van der Waals surface area contributed by atoms with Gasteiger partial charge >= 0.3 is 6.09 Å². The molecular weight excluding hydrogens is 398 g/mol. The molecule has 1 atom stereocenters. The molecule has 1 aliphatic heterocycles. The summed E-state index contributed by atoms with van der Waals surface area (Å²) in [5.74, 6) is 1.63. The van der Waals surface area contributed by atoms with Gasteiger partial charge in [-0.3, -0.25) is 9.36 Å². The molecule has 4 N–H and O–H groups in total. The number of carbonyl (C=O) groups is 1. The van der Waals surface area contributed by atoms with E-state index < -0.39 is 17.7 Å².